The Hall–Kier alpha value is -3.14. The lowest BCUT2D eigenvalue weighted by molar-refractivity contribution is -0.131. The molecule has 192 valence electrons. The van der Waals surface area contributed by atoms with E-state index >= 15 is 0 Å². The van der Waals surface area contributed by atoms with Crippen LogP contribution in [-0.2, 0) is 6.54 Å². The quantitative estimate of drug-likeness (QED) is 0.458. The number of aryl methyl sites for hydroxylation is 1. The number of hydrogen-bond donors (Lipinski definition) is 2. The Morgan fingerprint density at radius 2 is 1.94 bits per heavy atom. The van der Waals surface area contributed by atoms with E-state index in [1.54, 1.807) is 6.20 Å². The number of piperidine rings is 1. The van der Waals surface area contributed by atoms with E-state index in [0.29, 0.717) is 23.6 Å². The summed E-state index contributed by atoms with van der Waals surface area (Å²) < 4.78 is 40.2. The van der Waals surface area contributed by atoms with Gasteiger partial charge in [0.05, 0.1) is 24.0 Å². The molecule has 2 N–H and O–H groups in total. The first-order chi connectivity index (χ1) is 17.3. The average molecular weight is 501 g/mol. The molecule has 1 amide bonds. The molecular formula is C26H31F3N6O. The summed E-state index contributed by atoms with van der Waals surface area (Å²) in [5, 5.41) is 5.88. The van der Waals surface area contributed by atoms with Crippen LogP contribution in [0.2, 0.25) is 0 Å². The van der Waals surface area contributed by atoms with Gasteiger partial charge in [0.1, 0.15) is 0 Å². The molecule has 0 bridgehead atoms. The Labute approximate surface area is 208 Å². The third-order valence-electron chi connectivity index (χ3n) is 6.76. The fourth-order valence-corrected chi connectivity index (χ4v) is 4.68. The van der Waals surface area contributed by atoms with Crippen LogP contribution in [0.5, 0.6) is 0 Å². The summed E-state index contributed by atoms with van der Waals surface area (Å²) in [6.45, 7) is 4.22. The number of aromatic nitrogens is 3. The predicted octanol–water partition coefficient (Wildman–Crippen LogP) is 4.95. The molecule has 0 unspecified atom stereocenters. The molecule has 2 fully saturated rings. The number of carbonyl (C=O) groups excluding carboxylic acids is 1. The maximum Gasteiger partial charge on any atom is 0.390 e. The first-order valence-electron chi connectivity index (χ1n) is 12.6. The summed E-state index contributed by atoms with van der Waals surface area (Å²) in [6.07, 6.45) is 3.96. The number of benzene rings is 1. The van der Waals surface area contributed by atoms with Crippen molar-refractivity contribution in [2.75, 3.05) is 25.0 Å². The molecule has 1 aliphatic carbocycles. The van der Waals surface area contributed by atoms with E-state index in [1.807, 2.05) is 35.7 Å². The first kappa shape index (κ1) is 24.5. The number of anilines is 1. The fraction of sp³-hybridized carbons (Fsp3) is 0.500. The number of fused-ring (bicyclic) bond motifs is 1. The number of rotatable bonds is 8. The van der Waals surface area contributed by atoms with Crippen molar-refractivity contribution in [3.63, 3.8) is 0 Å². The van der Waals surface area contributed by atoms with Gasteiger partial charge >= 0.3 is 6.18 Å². The highest BCUT2D eigenvalue weighted by molar-refractivity contribution is 5.96. The predicted molar refractivity (Wildman–Crippen MR) is 132 cm³/mol. The van der Waals surface area contributed by atoms with Crippen LogP contribution in [0.15, 0.2) is 30.6 Å². The van der Waals surface area contributed by atoms with Gasteiger partial charge in [0.2, 0.25) is 0 Å². The standard InChI is InChI=1S/C26H31F3N6O/c1-17-13-18(5-8-21(17)25(36)33-19-6-7-19)22-14-31-24-23(30-10-9-26(27,28)29)32-20(16-35(22)24)15-34-11-3-2-4-12-34/h5,8,13-14,16,19H,2-4,6-7,9-12,15H2,1H3,(H,30,32)(H,33,36). The third-order valence-corrected chi connectivity index (χ3v) is 6.76. The van der Waals surface area contributed by atoms with Gasteiger partial charge in [0.15, 0.2) is 11.5 Å². The number of carbonyl (C=O) groups is 1. The lowest BCUT2D eigenvalue weighted by Crippen LogP contribution is -2.29. The normalized spacial score (nSPS) is 16.9. The van der Waals surface area contributed by atoms with Crippen molar-refractivity contribution in [2.24, 2.45) is 0 Å². The first-order valence-corrected chi connectivity index (χ1v) is 12.6. The largest absolute Gasteiger partial charge is 0.390 e. The lowest BCUT2D eigenvalue weighted by Gasteiger charge is -2.26. The van der Waals surface area contributed by atoms with Gasteiger partial charge in [-0.2, -0.15) is 13.2 Å². The molecule has 0 atom stereocenters. The second-order valence-corrected chi connectivity index (χ2v) is 9.82. The summed E-state index contributed by atoms with van der Waals surface area (Å²) in [6, 6.07) is 5.94. The number of nitrogens with zero attached hydrogens (tertiary/aromatic N) is 4. The SMILES string of the molecule is Cc1cc(-c2cnc3c(NCCC(F)(F)F)nc(CN4CCCCC4)cn23)ccc1C(=O)NC1CC1. The molecule has 36 heavy (non-hydrogen) atoms. The second-order valence-electron chi connectivity index (χ2n) is 9.82. The van der Waals surface area contributed by atoms with Crippen LogP contribution in [0.1, 0.15) is 60.1 Å². The van der Waals surface area contributed by atoms with E-state index in [0.717, 1.165) is 61.3 Å². The smallest absolute Gasteiger partial charge is 0.367 e. The summed E-state index contributed by atoms with van der Waals surface area (Å²) in [5.41, 5.74) is 4.41. The zero-order valence-corrected chi connectivity index (χ0v) is 20.4. The molecule has 7 nitrogen and oxygen atoms in total. The minimum Gasteiger partial charge on any atom is -0.367 e. The molecule has 1 saturated heterocycles. The van der Waals surface area contributed by atoms with Crippen molar-refractivity contribution in [2.45, 2.75) is 64.2 Å². The molecule has 1 aliphatic heterocycles. The molecule has 0 radical (unpaired) electrons. The number of halogens is 3. The van der Waals surface area contributed by atoms with Gasteiger partial charge in [-0.1, -0.05) is 12.5 Å². The molecule has 0 spiro atoms. The maximum atomic E-state index is 12.8. The monoisotopic (exact) mass is 500 g/mol. The van der Waals surface area contributed by atoms with Crippen molar-refractivity contribution < 1.29 is 18.0 Å². The molecule has 5 rings (SSSR count). The van der Waals surface area contributed by atoms with Crippen molar-refractivity contribution in [3.8, 4) is 11.3 Å². The van der Waals surface area contributed by atoms with Crippen LogP contribution in [0.25, 0.3) is 16.9 Å². The summed E-state index contributed by atoms with van der Waals surface area (Å²) in [7, 11) is 0. The highest BCUT2D eigenvalue weighted by Crippen LogP contribution is 2.28. The third kappa shape index (κ3) is 5.80. The molecule has 1 aromatic carbocycles. The van der Waals surface area contributed by atoms with Crippen LogP contribution in [0.3, 0.4) is 0 Å². The van der Waals surface area contributed by atoms with E-state index in [2.05, 4.69) is 25.5 Å². The van der Waals surface area contributed by atoms with Crippen LogP contribution in [0.4, 0.5) is 19.0 Å². The molecule has 3 aromatic rings. The number of likely N-dealkylation sites (tertiary alicyclic amines) is 1. The number of imidazole rings is 1. The molecule has 2 aromatic heterocycles. The molecular weight excluding hydrogens is 469 g/mol. The highest BCUT2D eigenvalue weighted by Gasteiger charge is 2.27. The van der Waals surface area contributed by atoms with E-state index in [9.17, 15) is 18.0 Å². The van der Waals surface area contributed by atoms with Gasteiger partial charge in [-0.25, -0.2) is 9.97 Å². The van der Waals surface area contributed by atoms with Crippen molar-refractivity contribution >= 4 is 17.4 Å². The van der Waals surface area contributed by atoms with Gasteiger partial charge in [0.25, 0.3) is 5.91 Å². The van der Waals surface area contributed by atoms with Crippen LogP contribution < -0.4 is 10.6 Å². The summed E-state index contributed by atoms with van der Waals surface area (Å²) >= 11 is 0. The topological polar surface area (TPSA) is 74.6 Å². The van der Waals surface area contributed by atoms with Crippen LogP contribution >= 0.6 is 0 Å². The zero-order chi connectivity index (χ0) is 25.3. The Bertz CT molecular complexity index is 1240. The van der Waals surface area contributed by atoms with E-state index in [-0.39, 0.29) is 18.5 Å². The van der Waals surface area contributed by atoms with E-state index < -0.39 is 12.6 Å². The molecule has 1 saturated carbocycles. The Morgan fingerprint density at radius 1 is 1.17 bits per heavy atom. The average Bonchev–Trinajstić information content (AvgIpc) is 3.54. The summed E-state index contributed by atoms with van der Waals surface area (Å²) in [5.74, 6) is 0.279. The number of amides is 1. The number of nitrogens with one attached hydrogen (secondary N) is 2. The number of hydrogen-bond acceptors (Lipinski definition) is 5. The molecule has 3 heterocycles. The number of alkyl halides is 3. The Balaban J connectivity index is 1.47. The van der Waals surface area contributed by atoms with Gasteiger partial charge < -0.3 is 10.6 Å². The zero-order valence-electron chi connectivity index (χ0n) is 20.4. The van der Waals surface area contributed by atoms with Crippen molar-refractivity contribution in [3.05, 3.63) is 47.4 Å². The van der Waals surface area contributed by atoms with Gasteiger partial charge in [0, 0.05) is 36.5 Å². The molecule has 10 heteroatoms. The van der Waals surface area contributed by atoms with E-state index in [1.165, 1.54) is 6.42 Å². The molecule has 2 aliphatic rings. The minimum atomic E-state index is -4.25. The Kier molecular flexibility index (Phi) is 6.87. The van der Waals surface area contributed by atoms with Crippen molar-refractivity contribution in [1.29, 1.82) is 0 Å². The maximum absolute atomic E-state index is 12.8. The highest BCUT2D eigenvalue weighted by atomic mass is 19.4. The van der Waals surface area contributed by atoms with Crippen LogP contribution in [0, 0.1) is 6.92 Å². The van der Waals surface area contributed by atoms with Gasteiger partial charge in [-0.15, -0.1) is 0 Å². The lowest BCUT2D eigenvalue weighted by atomic mass is 10.0. The fourth-order valence-electron chi connectivity index (χ4n) is 4.68. The second kappa shape index (κ2) is 10.1. The van der Waals surface area contributed by atoms with Gasteiger partial charge in [-0.3, -0.25) is 14.1 Å². The summed E-state index contributed by atoms with van der Waals surface area (Å²) in [4.78, 5) is 24.0. The Morgan fingerprint density at radius 3 is 2.64 bits per heavy atom. The minimum absolute atomic E-state index is 0.0659. The van der Waals surface area contributed by atoms with E-state index in [4.69, 9.17) is 0 Å². The van der Waals surface area contributed by atoms with Crippen LogP contribution in [-0.4, -0.2) is 57.0 Å². The van der Waals surface area contributed by atoms with Crippen molar-refractivity contribution in [1.82, 2.24) is 24.6 Å². The van der Waals surface area contributed by atoms with Gasteiger partial charge in [-0.05, 0) is 63.4 Å².